The minimum Gasteiger partial charge on any atom is -0.405 e. The van der Waals surface area contributed by atoms with Crippen LogP contribution in [0, 0.1) is 0 Å². The minimum atomic E-state index is -4.83. The lowest BCUT2D eigenvalue weighted by Gasteiger charge is -2.27. The second kappa shape index (κ2) is 8.77. The van der Waals surface area contributed by atoms with Crippen molar-refractivity contribution in [3.05, 3.63) is 35.9 Å². The number of carbonyl (C=O) groups is 1. The molecule has 0 bridgehead atoms. The van der Waals surface area contributed by atoms with Gasteiger partial charge in [0, 0.05) is 24.2 Å². The third-order valence-electron chi connectivity index (χ3n) is 4.23. The molecule has 1 saturated heterocycles. The summed E-state index contributed by atoms with van der Waals surface area (Å²) < 4.78 is 64.9. The molecule has 150 valence electrons. The number of rotatable bonds is 7. The highest BCUT2D eigenvalue weighted by Gasteiger charge is 2.34. The fourth-order valence-corrected chi connectivity index (χ4v) is 4.65. The molecule has 0 N–H and O–H groups in total. The molecule has 9 heteroatoms. The first-order chi connectivity index (χ1) is 12.6. The maximum absolute atomic E-state index is 12.6. The van der Waals surface area contributed by atoms with E-state index in [4.69, 9.17) is 0 Å². The van der Waals surface area contributed by atoms with Crippen molar-refractivity contribution >= 4 is 21.8 Å². The summed E-state index contributed by atoms with van der Waals surface area (Å²) in [5, 5.41) is 0. The zero-order chi connectivity index (χ0) is 20.1. The van der Waals surface area contributed by atoms with Gasteiger partial charge in [0.05, 0.1) is 11.5 Å². The van der Waals surface area contributed by atoms with Gasteiger partial charge in [-0.3, -0.25) is 4.79 Å². The Hall–Kier alpha value is -2.03. The molecule has 0 spiro atoms. The highest BCUT2D eigenvalue weighted by atomic mass is 32.2. The third-order valence-corrected chi connectivity index (χ3v) is 5.99. The fraction of sp³-hybridized carbons (Fsp3) is 0.500. The third kappa shape index (κ3) is 6.57. The first-order valence-corrected chi connectivity index (χ1v) is 10.5. The van der Waals surface area contributed by atoms with Gasteiger partial charge in [-0.1, -0.05) is 31.5 Å². The van der Waals surface area contributed by atoms with Gasteiger partial charge in [0.15, 0.2) is 9.84 Å². The summed E-state index contributed by atoms with van der Waals surface area (Å²) in [5.74, 6) is -0.867. The number of ether oxygens (including phenoxy) is 1. The van der Waals surface area contributed by atoms with Crippen LogP contribution in [0.3, 0.4) is 0 Å². The van der Waals surface area contributed by atoms with Gasteiger partial charge >= 0.3 is 6.36 Å². The Morgan fingerprint density at radius 1 is 1.33 bits per heavy atom. The molecule has 0 radical (unpaired) electrons. The Balaban J connectivity index is 2.17. The molecule has 1 aromatic rings. The molecule has 1 unspecified atom stereocenters. The summed E-state index contributed by atoms with van der Waals surface area (Å²) in [6.45, 7) is 2.36. The standard InChI is InChI=1S/C18H22F3NO4S/c1-2-3-11-22(15-10-12-27(24,25)13-15)17(23)9-8-14-6-4-5-7-16(14)26-18(19,20)21/h4-9,15H,2-3,10-13H2,1H3. The molecule has 27 heavy (non-hydrogen) atoms. The molecule has 1 fully saturated rings. The van der Waals surface area contributed by atoms with E-state index in [1.165, 1.54) is 35.3 Å². The van der Waals surface area contributed by atoms with E-state index in [1.54, 1.807) is 0 Å². The first-order valence-electron chi connectivity index (χ1n) is 8.65. The zero-order valence-electron chi connectivity index (χ0n) is 14.9. The van der Waals surface area contributed by atoms with Crippen LogP contribution in [0.4, 0.5) is 13.2 Å². The summed E-state index contributed by atoms with van der Waals surface area (Å²) in [6, 6.07) is 5.10. The van der Waals surface area contributed by atoms with Gasteiger partial charge in [0.25, 0.3) is 0 Å². The summed E-state index contributed by atoms with van der Waals surface area (Å²) in [5.41, 5.74) is 0.109. The minimum absolute atomic E-state index is 0.0412. The topological polar surface area (TPSA) is 63.7 Å². The lowest BCUT2D eigenvalue weighted by atomic mass is 10.1. The molecule has 0 aromatic heterocycles. The van der Waals surface area contributed by atoms with Crippen LogP contribution in [0.5, 0.6) is 5.75 Å². The number of nitrogens with zero attached hydrogens (tertiary/aromatic N) is 1. The lowest BCUT2D eigenvalue weighted by Crippen LogP contribution is -2.40. The van der Waals surface area contributed by atoms with E-state index in [1.807, 2.05) is 6.92 Å². The van der Waals surface area contributed by atoms with Crippen molar-refractivity contribution in [1.82, 2.24) is 4.90 Å². The van der Waals surface area contributed by atoms with E-state index in [-0.39, 0.29) is 17.1 Å². The maximum Gasteiger partial charge on any atom is 0.573 e. The number of halogens is 3. The molecular weight excluding hydrogens is 383 g/mol. The van der Waals surface area contributed by atoms with E-state index in [0.717, 1.165) is 12.5 Å². The Kier molecular flexibility index (Phi) is 6.91. The van der Waals surface area contributed by atoms with E-state index in [9.17, 15) is 26.4 Å². The fourth-order valence-electron chi connectivity index (χ4n) is 2.92. The second-order valence-electron chi connectivity index (χ2n) is 6.36. The number of hydrogen-bond donors (Lipinski definition) is 0. The molecule has 5 nitrogen and oxygen atoms in total. The molecule has 2 rings (SSSR count). The smallest absolute Gasteiger partial charge is 0.405 e. The average molecular weight is 405 g/mol. The predicted molar refractivity (Wildman–Crippen MR) is 95.8 cm³/mol. The van der Waals surface area contributed by atoms with Crippen molar-refractivity contribution < 1.29 is 31.1 Å². The number of unbranched alkanes of at least 4 members (excludes halogenated alkanes) is 1. The summed E-state index contributed by atoms with van der Waals surface area (Å²) >= 11 is 0. The number of carbonyl (C=O) groups excluding carboxylic acids is 1. The van der Waals surface area contributed by atoms with E-state index in [2.05, 4.69) is 4.74 Å². The first kappa shape index (κ1) is 21.3. The van der Waals surface area contributed by atoms with Gasteiger partial charge in [-0.25, -0.2) is 8.42 Å². The van der Waals surface area contributed by atoms with Crippen LogP contribution in [0.25, 0.3) is 6.08 Å². The van der Waals surface area contributed by atoms with Crippen molar-refractivity contribution in [2.24, 2.45) is 0 Å². The SMILES string of the molecule is CCCCN(C(=O)C=Cc1ccccc1OC(F)(F)F)C1CCS(=O)(=O)C1. The van der Waals surface area contributed by atoms with Crippen molar-refractivity contribution in [3.63, 3.8) is 0 Å². The van der Waals surface area contributed by atoms with E-state index in [0.29, 0.717) is 19.4 Å². The summed E-state index contributed by atoms with van der Waals surface area (Å²) in [4.78, 5) is 14.1. The number of benzene rings is 1. The van der Waals surface area contributed by atoms with Gasteiger partial charge < -0.3 is 9.64 Å². The molecule has 1 aliphatic rings. The highest BCUT2D eigenvalue weighted by Crippen LogP contribution is 2.27. The summed E-state index contributed by atoms with van der Waals surface area (Å²) in [6.07, 6.45) is -0.497. The molecule has 1 heterocycles. The van der Waals surface area contributed by atoms with Crippen LogP contribution in [0.2, 0.25) is 0 Å². The van der Waals surface area contributed by atoms with Crippen LogP contribution < -0.4 is 4.74 Å². The number of hydrogen-bond acceptors (Lipinski definition) is 4. The van der Waals surface area contributed by atoms with E-state index >= 15 is 0 Å². The van der Waals surface area contributed by atoms with Crippen LogP contribution >= 0.6 is 0 Å². The number of amides is 1. The predicted octanol–water partition coefficient (Wildman–Crippen LogP) is 3.41. The van der Waals surface area contributed by atoms with Crippen molar-refractivity contribution in [2.75, 3.05) is 18.1 Å². The van der Waals surface area contributed by atoms with Crippen molar-refractivity contribution in [2.45, 2.75) is 38.6 Å². The molecular formula is C18H22F3NO4S. The highest BCUT2D eigenvalue weighted by molar-refractivity contribution is 7.91. The molecule has 1 amide bonds. The number of sulfone groups is 1. The van der Waals surface area contributed by atoms with Gasteiger partial charge in [-0.15, -0.1) is 13.2 Å². The Morgan fingerprint density at radius 2 is 2.04 bits per heavy atom. The van der Waals surface area contributed by atoms with E-state index < -0.39 is 33.9 Å². The number of para-hydroxylation sites is 1. The van der Waals surface area contributed by atoms with Crippen LogP contribution in [-0.2, 0) is 14.6 Å². The van der Waals surface area contributed by atoms with Crippen LogP contribution in [-0.4, -0.2) is 49.7 Å². The van der Waals surface area contributed by atoms with Gasteiger partial charge in [-0.05, 0) is 25.0 Å². The summed E-state index contributed by atoms with van der Waals surface area (Å²) in [7, 11) is -3.16. The van der Waals surface area contributed by atoms with Crippen molar-refractivity contribution in [1.29, 1.82) is 0 Å². The normalized spacial score (nSPS) is 19.3. The van der Waals surface area contributed by atoms with Crippen LogP contribution in [0.15, 0.2) is 30.3 Å². The molecule has 0 aliphatic carbocycles. The second-order valence-corrected chi connectivity index (χ2v) is 8.59. The average Bonchev–Trinajstić information content (AvgIpc) is 2.92. The maximum atomic E-state index is 12.6. The Labute approximate surface area is 156 Å². The Bertz CT molecular complexity index is 790. The van der Waals surface area contributed by atoms with Gasteiger partial charge in [0.2, 0.25) is 5.91 Å². The quantitative estimate of drug-likeness (QED) is 0.652. The number of alkyl halides is 3. The van der Waals surface area contributed by atoms with Crippen molar-refractivity contribution in [3.8, 4) is 5.75 Å². The van der Waals surface area contributed by atoms with Crippen LogP contribution in [0.1, 0.15) is 31.7 Å². The molecule has 1 aromatic carbocycles. The monoisotopic (exact) mass is 405 g/mol. The molecule has 0 saturated carbocycles. The zero-order valence-corrected chi connectivity index (χ0v) is 15.7. The lowest BCUT2D eigenvalue weighted by molar-refractivity contribution is -0.274. The largest absolute Gasteiger partial charge is 0.573 e. The molecule has 1 aliphatic heterocycles. The van der Waals surface area contributed by atoms with Gasteiger partial charge in [0.1, 0.15) is 5.75 Å². The van der Waals surface area contributed by atoms with Gasteiger partial charge in [-0.2, -0.15) is 0 Å². The Morgan fingerprint density at radius 3 is 2.63 bits per heavy atom. The molecule has 1 atom stereocenters.